The number of carbonyl (C=O) groups excluding carboxylic acids is 1. The molecule has 0 spiro atoms. The zero-order valence-electron chi connectivity index (χ0n) is 16.7. The molecule has 1 aromatic rings. The molecule has 0 aliphatic carbocycles. The minimum absolute atomic E-state index is 0.257. The quantitative estimate of drug-likeness (QED) is 0.798. The zero-order chi connectivity index (χ0) is 18.5. The molecule has 4 nitrogen and oxygen atoms in total. The lowest BCUT2D eigenvalue weighted by atomic mass is 9.93. The molecule has 3 aliphatic rings. The summed E-state index contributed by atoms with van der Waals surface area (Å²) >= 11 is 0. The van der Waals surface area contributed by atoms with Crippen LogP contribution in [0.5, 0.6) is 0 Å². The Balaban J connectivity index is 1.22. The molecule has 3 aliphatic heterocycles. The topological polar surface area (TPSA) is 26.8 Å². The Labute approximate surface area is 164 Å². The van der Waals surface area contributed by atoms with E-state index in [1.54, 1.807) is 0 Å². The molecular weight excluding hydrogens is 334 g/mol. The highest BCUT2D eigenvalue weighted by Gasteiger charge is 2.34. The average Bonchev–Trinajstić information content (AvgIpc) is 3.28. The number of carbonyl (C=O) groups is 1. The summed E-state index contributed by atoms with van der Waals surface area (Å²) in [6, 6.07) is 11.5. The van der Waals surface area contributed by atoms with Gasteiger partial charge in [-0.3, -0.25) is 9.69 Å². The number of nitrogens with zero attached hydrogens (tertiary/aromatic N) is 3. The number of hydrogen-bond acceptors (Lipinski definition) is 3. The Kier molecular flexibility index (Phi) is 6.46. The van der Waals surface area contributed by atoms with Crippen LogP contribution < -0.4 is 0 Å². The molecule has 0 radical (unpaired) electrons. The third kappa shape index (κ3) is 4.91. The van der Waals surface area contributed by atoms with E-state index in [0.717, 1.165) is 32.5 Å². The number of hydrogen-bond donors (Lipinski definition) is 0. The molecular formula is C23H35N3O. The molecule has 3 heterocycles. The van der Waals surface area contributed by atoms with Crippen LogP contribution in [0.4, 0.5) is 0 Å². The van der Waals surface area contributed by atoms with Gasteiger partial charge in [-0.1, -0.05) is 30.3 Å². The molecule has 0 aromatic heterocycles. The van der Waals surface area contributed by atoms with Crippen LogP contribution in [0.1, 0.15) is 44.1 Å². The van der Waals surface area contributed by atoms with Crippen LogP contribution in [-0.2, 0) is 11.2 Å². The summed E-state index contributed by atoms with van der Waals surface area (Å²) in [5.74, 6) is 0.699. The standard InChI is InChI=1S/C23H35N3O/c27-23(25-13-4-5-14-25)21-9-6-15-26(19-21)22-11-17-24(18-12-22)16-10-20-7-2-1-3-8-20/h1-3,7-8,21-22H,4-6,9-19H2/t21-/m0/s1. The van der Waals surface area contributed by atoms with Crippen LogP contribution in [0, 0.1) is 5.92 Å². The van der Waals surface area contributed by atoms with Gasteiger partial charge in [-0.2, -0.15) is 0 Å². The second kappa shape index (κ2) is 9.20. The van der Waals surface area contributed by atoms with Gasteiger partial charge in [0, 0.05) is 32.2 Å². The Hall–Kier alpha value is -1.39. The first-order valence-corrected chi connectivity index (χ1v) is 11.1. The summed E-state index contributed by atoms with van der Waals surface area (Å²) in [6.07, 6.45) is 8.37. The lowest BCUT2D eigenvalue weighted by molar-refractivity contribution is -0.136. The summed E-state index contributed by atoms with van der Waals surface area (Å²) in [5, 5.41) is 0. The second-order valence-electron chi connectivity index (χ2n) is 8.67. The van der Waals surface area contributed by atoms with Crippen LogP contribution in [0.3, 0.4) is 0 Å². The molecule has 1 aromatic carbocycles. The van der Waals surface area contributed by atoms with E-state index in [-0.39, 0.29) is 5.92 Å². The van der Waals surface area contributed by atoms with Gasteiger partial charge in [0.25, 0.3) is 0 Å². The lowest BCUT2D eigenvalue weighted by Gasteiger charge is -2.42. The van der Waals surface area contributed by atoms with Crippen molar-refractivity contribution in [2.75, 3.05) is 45.8 Å². The molecule has 3 saturated heterocycles. The fraction of sp³-hybridized carbons (Fsp3) is 0.696. The lowest BCUT2D eigenvalue weighted by Crippen LogP contribution is -2.51. The molecule has 4 heteroatoms. The molecule has 0 bridgehead atoms. The normalized spacial score (nSPS) is 25.8. The predicted molar refractivity (Wildman–Crippen MR) is 110 cm³/mol. The van der Waals surface area contributed by atoms with Gasteiger partial charge in [0.1, 0.15) is 0 Å². The molecule has 1 amide bonds. The maximum atomic E-state index is 12.8. The van der Waals surface area contributed by atoms with E-state index in [1.165, 1.54) is 63.8 Å². The van der Waals surface area contributed by atoms with Gasteiger partial charge in [0.05, 0.1) is 5.92 Å². The Bertz CT molecular complexity index is 591. The maximum absolute atomic E-state index is 12.8. The third-order valence-electron chi connectivity index (χ3n) is 6.85. The van der Waals surface area contributed by atoms with E-state index in [2.05, 4.69) is 45.0 Å². The minimum Gasteiger partial charge on any atom is -0.342 e. The van der Waals surface area contributed by atoms with Crippen molar-refractivity contribution >= 4 is 5.91 Å². The first-order chi connectivity index (χ1) is 13.3. The molecule has 0 saturated carbocycles. The van der Waals surface area contributed by atoms with E-state index in [4.69, 9.17) is 0 Å². The van der Waals surface area contributed by atoms with E-state index in [0.29, 0.717) is 11.9 Å². The number of piperidine rings is 2. The highest BCUT2D eigenvalue weighted by Crippen LogP contribution is 2.26. The van der Waals surface area contributed by atoms with Crippen LogP contribution in [0.2, 0.25) is 0 Å². The molecule has 148 valence electrons. The largest absolute Gasteiger partial charge is 0.342 e. The van der Waals surface area contributed by atoms with Gasteiger partial charge in [-0.25, -0.2) is 0 Å². The summed E-state index contributed by atoms with van der Waals surface area (Å²) in [7, 11) is 0. The highest BCUT2D eigenvalue weighted by atomic mass is 16.2. The number of amides is 1. The molecule has 1 atom stereocenters. The van der Waals surface area contributed by atoms with Crippen molar-refractivity contribution in [1.29, 1.82) is 0 Å². The average molecular weight is 370 g/mol. The van der Waals surface area contributed by atoms with E-state index in [9.17, 15) is 4.79 Å². The summed E-state index contributed by atoms with van der Waals surface area (Å²) in [6.45, 7) is 7.77. The molecule has 0 unspecified atom stereocenters. The van der Waals surface area contributed by atoms with Crippen LogP contribution in [0.15, 0.2) is 30.3 Å². The van der Waals surface area contributed by atoms with Crippen molar-refractivity contribution in [3.63, 3.8) is 0 Å². The molecule has 0 N–H and O–H groups in total. The number of rotatable bonds is 5. The van der Waals surface area contributed by atoms with Crippen molar-refractivity contribution in [3.8, 4) is 0 Å². The van der Waals surface area contributed by atoms with Gasteiger partial charge in [-0.15, -0.1) is 0 Å². The van der Waals surface area contributed by atoms with Crippen LogP contribution >= 0.6 is 0 Å². The fourth-order valence-electron chi connectivity index (χ4n) is 5.18. The van der Waals surface area contributed by atoms with Crippen molar-refractivity contribution < 1.29 is 4.79 Å². The SMILES string of the molecule is O=C([C@H]1CCCN(C2CCN(CCc3ccccc3)CC2)C1)N1CCCC1. The van der Waals surface area contributed by atoms with E-state index < -0.39 is 0 Å². The highest BCUT2D eigenvalue weighted by molar-refractivity contribution is 5.79. The monoisotopic (exact) mass is 369 g/mol. The number of likely N-dealkylation sites (tertiary alicyclic amines) is 3. The van der Waals surface area contributed by atoms with Gasteiger partial charge in [-0.05, 0) is 70.1 Å². The van der Waals surface area contributed by atoms with Gasteiger partial charge in [0.2, 0.25) is 5.91 Å². The summed E-state index contributed by atoms with van der Waals surface area (Å²) in [4.78, 5) is 20.2. The van der Waals surface area contributed by atoms with Gasteiger partial charge < -0.3 is 9.80 Å². The first-order valence-electron chi connectivity index (χ1n) is 11.1. The first kappa shape index (κ1) is 18.9. The van der Waals surface area contributed by atoms with Gasteiger partial charge in [0.15, 0.2) is 0 Å². The van der Waals surface area contributed by atoms with E-state index in [1.807, 2.05) is 0 Å². The Morgan fingerprint density at radius 3 is 2.37 bits per heavy atom. The Morgan fingerprint density at radius 1 is 0.889 bits per heavy atom. The molecule has 4 rings (SSSR count). The van der Waals surface area contributed by atoms with Crippen molar-refractivity contribution in [2.24, 2.45) is 5.92 Å². The van der Waals surface area contributed by atoms with Crippen LogP contribution in [0.25, 0.3) is 0 Å². The van der Waals surface area contributed by atoms with Crippen molar-refractivity contribution in [2.45, 2.75) is 51.0 Å². The Morgan fingerprint density at radius 2 is 1.63 bits per heavy atom. The summed E-state index contributed by atoms with van der Waals surface area (Å²) in [5.41, 5.74) is 1.44. The minimum atomic E-state index is 0.257. The molecule has 3 fully saturated rings. The fourth-order valence-corrected chi connectivity index (χ4v) is 5.18. The predicted octanol–water partition coefficient (Wildman–Crippen LogP) is 3.03. The van der Waals surface area contributed by atoms with Crippen molar-refractivity contribution in [1.82, 2.24) is 14.7 Å². The van der Waals surface area contributed by atoms with Crippen molar-refractivity contribution in [3.05, 3.63) is 35.9 Å². The van der Waals surface area contributed by atoms with Gasteiger partial charge >= 0.3 is 0 Å². The number of benzene rings is 1. The zero-order valence-corrected chi connectivity index (χ0v) is 16.7. The summed E-state index contributed by atoms with van der Waals surface area (Å²) < 4.78 is 0. The van der Waals surface area contributed by atoms with Crippen LogP contribution in [-0.4, -0.2) is 72.5 Å². The smallest absolute Gasteiger partial charge is 0.226 e. The molecule has 27 heavy (non-hydrogen) atoms. The third-order valence-corrected chi connectivity index (χ3v) is 6.85. The van der Waals surface area contributed by atoms with E-state index >= 15 is 0 Å². The second-order valence-corrected chi connectivity index (χ2v) is 8.67. The maximum Gasteiger partial charge on any atom is 0.226 e.